The number of aryl methyl sites for hydroxylation is 1. The van der Waals surface area contributed by atoms with E-state index in [0.717, 1.165) is 0 Å². The minimum atomic E-state index is -0.513. The maximum atomic E-state index is 11.8. The number of carbonyl (C=O) groups excluding carboxylic acids is 1. The Hall–Kier alpha value is -2.70. The lowest BCUT2D eigenvalue weighted by Gasteiger charge is -2.02. The monoisotopic (exact) mass is 275 g/mol. The van der Waals surface area contributed by atoms with Gasteiger partial charge in [-0.25, -0.2) is 4.79 Å². The number of hydrogen-bond donors (Lipinski definition) is 0. The Labute approximate surface area is 114 Å². The first kappa shape index (κ1) is 13.7. The predicted octanol–water partition coefficient (Wildman–Crippen LogP) is 2.17. The molecule has 1 heterocycles. The van der Waals surface area contributed by atoms with E-state index >= 15 is 0 Å². The Kier molecular flexibility index (Phi) is 3.79. The maximum Gasteiger partial charge on any atom is 0.359 e. The third-order valence-electron chi connectivity index (χ3n) is 2.69. The minimum absolute atomic E-state index is 0.00433. The number of hydrogen-bond acceptors (Lipinski definition) is 5. The summed E-state index contributed by atoms with van der Waals surface area (Å²) in [5.74, 6) is -0.513. The normalized spacial score (nSPS) is 10.3. The highest BCUT2D eigenvalue weighted by Gasteiger charge is 2.19. The van der Waals surface area contributed by atoms with Crippen LogP contribution >= 0.6 is 0 Å². The molecule has 2 aromatic rings. The molecule has 0 radical (unpaired) electrons. The van der Waals surface area contributed by atoms with Crippen molar-refractivity contribution in [3.63, 3.8) is 0 Å². The van der Waals surface area contributed by atoms with E-state index in [-0.39, 0.29) is 18.0 Å². The second-order valence-corrected chi connectivity index (χ2v) is 4.09. The van der Waals surface area contributed by atoms with Gasteiger partial charge in [0, 0.05) is 30.9 Å². The Bertz CT molecular complexity index is 646. The molecule has 0 saturated carbocycles. The van der Waals surface area contributed by atoms with Gasteiger partial charge in [-0.15, -0.1) is 0 Å². The molecule has 0 atom stereocenters. The van der Waals surface area contributed by atoms with E-state index in [1.54, 1.807) is 32.3 Å². The molecule has 0 amide bonds. The van der Waals surface area contributed by atoms with Crippen LogP contribution in [-0.4, -0.2) is 27.3 Å². The number of nitro groups is 1. The highest BCUT2D eigenvalue weighted by molar-refractivity contribution is 5.95. The summed E-state index contributed by atoms with van der Waals surface area (Å²) in [6, 6.07) is 5.93. The topological polar surface area (TPSA) is 87.3 Å². The van der Waals surface area contributed by atoms with Gasteiger partial charge in [-0.3, -0.25) is 14.8 Å². The van der Waals surface area contributed by atoms with Crippen LogP contribution in [0.1, 0.15) is 17.4 Å². The smallest absolute Gasteiger partial charge is 0.359 e. The van der Waals surface area contributed by atoms with Gasteiger partial charge in [0.25, 0.3) is 5.69 Å². The molecule has 1 aromatic heterocycles. The summed E-state index contributed by atoms with van der Waals surface area (Å²) in [4.78, 5) is 22.0. The van der Waals surface area contributed by atoms with Crippen molar-refractivity contribution < 1.29 is 14.5 Å². The Balaban J connectivity index is 2.41. The first-order chi connectivity index (χ1) is 9.52. The Morgan fingerprint density at radius 3 is 2.60 bits per heavy atom. The molecule has 104 valence electrons. The summed E-state index contributed by atoms with van der Waals surface area (Å²) < 4.78 is 6.45. The first-order valence-electron chi connectivity index (χ1n) is 5.98. The van der Waals surface area contributed by atoms with Gasteiger partial charge in [-0.05, 0) is 24.6 Å². The number of nitro benzene ring substituents is 1. The van der Waals surface area contributed by atoms with E-state index in [0.29, 0.717) is 11.1 Å². The lowest BCUT2D eigenvalue weighted by Crippen LogP contribution is -2.07. The molecule has 7 nitrogen and oxygen atoms in total. The summed E-state index contributed by atoms with van der Waals surface area (Å²) in [6.45, 7) is 1.97. The van der Waals surface area contributed by atoms with Crippen molar-refractivity contribution >= 4 is 11.7 Å². The number of ether oxygens (including phenoxy) is 1. The third-order valence-corrected chi connectivity index (χ3v) is 2.69. The fourth-order valence-electron chi connectivity index (χ4n) is 1.81. The summed E-state index contributed by atoms with van der Waals surface area (Å²) in [5, 5.41) is 14.7. The molecule has 0 aliphatic rings. The average Bonchev–Trinajstić information content (AvgIpc) is 2.81. The molecule has 0 N–H and O–H groups in total. The quantitative estimate of drug-likeness (QED) is 0.485. The Morgan fingerprint density at radius 2 is 2.05 bits per heavy atom. The minimum Gasteiger partial charge on any atom is -0.461 e. The van der Waals surface area contributed by atoms with E-state index in [9.17, 15) is 14.9 Å². The van der Waals surface area contributed by atoms with Crippen molar-refractivity contribution in [3.05, 3.63) is 46.3 Å². The molecule has 1 aromatic carbocycles. The van der Waals surface area contributed by atoms with Crippen molar-refractivity contribution in [1.82, 2.24) is 9.78 Å². The highest BCUT2D eigenvalue weighted by atomic mass is 16.6. The first-order valence-corrected chi connectivity index (χ1v) is 5.98. The van der Waals surface area contributed by atoms with Crippen LogP contribution < -0.4 is 0 Å². The number of rotatable bonds is 4. The summed E-state index contributed by atoms with van der Waals surface area (Å²) >= 11 is 0. The van der Waals surface area contributed by atoms with E-state index in [1.165, 1.54) is 16.8 Å². The number of esters is 1. The van der Waals surface area contributed by atoms with Gasteiger partial charge in [-0.2, -0.15) is 5.10 Å². The maximum absolute atomic E-state index is 11.8. The number of benzene rings is 1. The molecule has 0 unspecified atom stereocenters. The van der Waals surface area contributed by atoms with E-state index < -0.39 is 10.9 Å². The lowest BCUT2D eigenvalue weighted by molar-refractivity contribution is -0.384. The summed E-state index contributed by atoms with van der Waals surface area (Å²) in [5.41, 5.74) is 1.45. The molecule has 0 aliphatic carbocycles. The fourth-order valence-corrected chi connectivity index (χ4v) is 1.81. The fraction of sp³-hybridized carbons (Fsp3) is 0.231. The van der Waals surface area contributed by atoms with Gasteiger partial charge in [0.05, 0.1) is 11.5 Å². The molecule has 0 bridgehead atoms. The van der Waals surface area contributed by atoms with Crippen LogP contribution in [0.2, 0.25) is 0 Å². The zero-order valence-corrected chi connectivity index (χ0v) is 11.1. The van der Waals surface area contributed by atoms with Crippen LogP contribution in [0.4, 0.5) is 5.69 Å². The number of aromatic nitrogens is 2. The molecule has 0 fully saturated rings. The molecular formula is C13H13N3O4. The third kappa shape index (κ3) is 2.66. The molecule has 0 saturated heterocycles. The van der Waals surface area contributed by atoms with Crippen molar-refractivity contribution in [1.29, 1.82) is 0 Å². The van der Waals surface area contributed by atoms with Gasteiger partial charge in [0.1, 0.15) is 0 Å². The average molecular weight is 275 g/mol. The highest BCUT2D eigenvalue weighted by Crippen LogP contribution is 2.25. The van der Waals surface area contributed by atoms with E-state index in [4.69, 9.17) is 4.74 Å². The van der Waals surface area contributed by atoms with Crippen molar-refractivity contribution in [2.24, 2.45) is 7.05 Å². The second kappa shape index (κ2) is 5.52. The van der Waals surface area contributed by atoms with E-state index in [2.05, 4.69) is 5.10 Å². The largest absolute Gasteiger partial charge is 0.461 e. The van der Waals surface area contributed by atoms with Crippen LogP contribution in [0.25, 0.3) is 11.1 Å². The number of non-ortho nitro benzene ring substituents is 1. The van der Waals surface area contributed by atoms with Gasteiger partial charge in [-0.1, -0.05) is 0 Å². The standard InChI is InChI=1S/C13H13N3O4/c1-3-20-13(17)12-11(8-15(2)14-12)9-4-6-10(7-5-9)16(18)19/h4-8H,3H2,1-2H3. The van der Waals surface area contributed by atoms with Crippen LogP contribution in [0, 0.1) is 10.1 Å². The number of carbonyl (C=O) groups is 1. The Morgan fingerprint density at radius 1 is 1.40 bits per heavy atom. The van der Waals surface area contributed by atoms with Gasteiger partial charge >= 0.3 is 5.97 Å². The van der Waals surface area contributed by atoms with Crippen LogP contribution in [0.5, 0.6) is 0 Å². The van der Waals surface area contributed by atoms with Gasteiger partial charge in [0.2, 0.25) is 0 Å². The predicted molar refractivity (Wildman–Crippen MR) is 71.3 cm³/mol. The molecule has 2 rings (SSSR count). The van der Waals surface area contributed by atoms with Crippen LogP contribution in [-0.2, 0) is 11.8 Å². The van der Waals surface area contributed by atoms with Crippen LogP contribution in [0.15, 0.2) is 30.5 Å². The molecule has 0 spiro atoms. The summed E-state index contributed by atoms with van der Waals surface area (Å²) in [6.07, 6.45) is 1.67. The van der Waals surface area contributed by atoms with Crippen molar-refractivity contribution in [2.45, 2.75) is 6.92 Å². The van der Waals surface area contributed by atoms with Gasteiger partial charge < -0.3 is 4.74 Å². The van der Waals surface area contributed by atoms with Crippen LogP contribution in [0.3, 0.4) is 0 Å². The zero-order valence-electron chi connectivity index (χ0n) is 11.1. The number of nitrogens with zero attached hydrogens (tertiary/aromatic N) is 3. The van der Waals surface area contributed by atoms with Gasteiger partial charge in [0.15, 0.2) is 5.69 Å². The molecule has 20 heavy (non-hydrogen) atoms. The molecule has 7 heteroatoms. The lowest BCUT2D eigenvalue weighted by atomic mass is 10.1. The SMILES string of the molecule is CCOC(=O)c1nn(C)cc1-c1ccc([N+](=O)[O-])cc1. The second-order valence-electron chi connectivity index (χ2n) is 4.09. The summed E-state index contributed by atoms with van der Waals surface area (Å²) in [7, 11) is 1.69. The van der Waals surface area contributed by atoms with Crippen molar-refractivity contribution in [3.8, 4) is 11.1 Å². The molecular weight excluding hydrogens is 262 g/mol. The van der Waals surface area contributed by atoms with E-state index in [1.807, 2.05) is 0 Å². The zero-order chi connectivity index (χ0) is 14.7. The molecule has 0 aliphatic heterocycles. The van der Waals surface area contributed by atoms with Crippen molar-refractivity contribution in [2.75, 3.05) is 6.61 Å².